The Kier molecular flexibility index (Phi) is 3.40. The van der Waals surface area contributed by atoms with Crippen LogP contribution in [0.2, 0.25) is 0 Å². The van der Waals surface area contributed by atoms with E-state index in [1.54, 1.807) is 0 Å². The Labute approximate surface area is 82.5 Å². The van der Waals surface area contributed by atoms with E-state index >= 15 is 0 Å². The van der Waals surface area contributed by atoms with Gasteiger partial charge in [-0.15, -0.1) is 0 Å². The molecule has 0 spiro atoms. The van der Waals surface area contributed by atoms with Crippen molar-refractivity contribution in [1.82, 2.24) is 0 Å². The molecule has 75 valence electrons. The zero-order valence-corrected chi connectivity index (χ0v) is 7.58. The fourth-order valence-electron chi connectivity index (χ4n) is 0.830. The fraction of sp³-hybridized carbons (Fsp3) is 0.125. The Morgan fingerprint density at radius 2 is 2.07 bits per heavy atom. The number of benzene rings is 1. The van der Waals surface area contributed by atoms with Crippen LogP contribution in [0.25, 0.3) is 0 Å². The topological polar surface area (TPSA) is 29.1 Å². The van der Waals surface area contributed by atoms with Crippen molar-refractivity contribution in [2.24, 2.45) is 0 Å². The van der Waals surface area contributed by atoms with E-state index in [0.29, 0.717) is 0 Å². The monoisotopic (exact) mass is 220 g/mol. The maximum Gasteiger partial charge on any atom is 0.446 e. The second-order valence-electron chi connectivity index (χ2n) is 2.30. The molecular weight excluding hydrogens is 215 g/mol. The molecule has 0 aliphatic carbocycles. The van der Waals surface area contributed by atoms with Crippen LogP contribution in [0, 0.1) is 0 Å². The maximum absolute atomic E-state index is 11.9. The van der Waals surface area contributed by atoms with Gasteiger partial charge in [-0.25, -0.2) is 0 Å². The lowest BCUT2D eigenvalue weighted by Crippen LogP contribution is -1.99. The molecule has 1 N–H and O–H groups in total. The lowest BCUT2D eigenvalue weighted by Gasteiger charge is -2.06. The number of alkyl halides is 3. The molecule has 0 fully saturated rings. The number of carbonyl (C=O) groups excluding carboxylic acids is 1. The third-order valence-corrected chi connectivity index (χ3v) is 1.98. The first-order valence-corrected chi connectivity index (χ1v) is 4.32. The summed E-state index contributed by atoms with van der Waals surface area (Å²) in [5.41, 5.74) is -4.03. The minimum absolute atomic E-state index is 0.0257. The van der Waals surface area contributed by atoms with Crippen molar-refractivity contribution in [2.75, 3.05) is 5.32 Å². The lowest BCUT2D eigenvalue weighted by atomic mass is 10.3. The summed E-state index contributed by atoms with van der Waals surface area (Å²) in [7, 11) is 0. The summed E-state index contributed by atoms with van der Waals surface area (Å²) in [6.07, 6.45) is 1.38. The third kappa shape index (κ3) is 3.69. The van der Waals surface area contributed by atoms with E-state index in [0.717, 1.165) is 0 Å². The molecule has 1 aromatic rings. The van der Waals surface area contributed by atoms with Crippen LogP contribution in [-0.2, 0) is 4.79 Å². The summed E-state index contributed by atoms with van der Waals surface area (Å²) in [5.74, 6) is 0. The lowest BCUT2D eigenvalue weighted by molar-refractivity contribution is -0.0328. The summed E-state index contributed by atoms with van der Waals surface area (Å²) < 4.78 is 35.8. The largest absolute Gasteiger partial charge is 0.446 e. The first-order chi connectivity index (χ1) is 6.51. The van der Waals surface area contributed by atoms with Gasteiger partial charge in [-0.2, -0.15) is 13.2 Å². The van der Waals surface area contributed by atoms with Gasteiger partial charge >= 0.3 is 11.9 Å². The first kappa shape index (κ1) is 10.9. The SMILES string of the molecule is O=[C]Nc1cccc(SC(F)(F)F)c1. The van der Waals surface area contributed by atoms with Crippen molar-refractivity contribution in [3.05, 3.63) is 24.3 Å². The van der Waals surface area contributed by atoms with Gasteiger partial charge in [-0.3, -0.25) is 4.79 Å². The number of anilines is 1. The molecule has 1 amide bonds. The Morgan fingerprint density at radius 3 is 2.64 bits per heavy atom. The molecule has 1 radical (unpaired) electrons. The van der Waals surface area contributed by atoms with E-state index in [1.165, 1.54) is 30.7 Å². The highest BCUT2D eigenvalue weighted by atomic mass is 32.2. The van der Waals surface area contributed by atoms with E-state index in [2.05, 4.69) is 5.32 Å². The molecule has 0 saturated heterocycles. The van der Waals surface area contributed by atoms with Gasteiger partial charge in [0.05, 0.1) is 0 Å². The van der Waals surface area contributed by atoms with Crippen LogP contribution < -0.4 is 5.32 Å². The smallest absolute Gasteiger partial charge is 0.318 e. The zero-order chi connectivity index (χ0) is 10.6. The van der Waals surface area contributed by atoms with Crippen LogP contribution in [0.15, 0.2) is 29.2 Å². The number of nitrogens with one attached hydrogen (secondary N) is 1. The summed E-state index contributed by atoms with van der Waals surface area (Å²) in [6, 6.07) is 5.44. The second kappa shape index (κ2) is 4.36. The predicted molar refractivity (Wildman–Crippen MR) is 47.7 cm³/mol. The summed E-state index contributed by atoms with van der Waals surface area (Å²) in [5, 5.41) is 2.15. The average molecular weight is 220 g/mol. The summed E-state index contributed by atoms with van der Waals surface area (Å²) in [6.45, 7) is 0. The zero-order valence-electron chi connectivity index (χ0n) is 6.76. The Hall–Kier alpha value is -1.17. The van der Waals surface area contributed by atoms with Crippen molar-refractivity contribution in [3.8, 4) is 0 Å². The minimum Gasteiger partial charge on any atom is -0.318 e. The van der Waals surface area contributed by atoms with Gasteiger partial charge < -0.3 is 5.32 Å². The molecule has 2 nitrogen and oxygen atoms in total. The molecular formula is C8H5F3NOS. The van der Waals surface area contributed by atoms with Gasteiger partial charge in [-0.1, -0.05) is 6.07 Å². The van der Waals surface area contributed by atoms with Crippen molar-refractivity contribution in [1.29, 1.82) is 0 Å². The highest BCUT2D eigenvalue weighted by Gasteiger charge is 2.29. The molecule has 1 aromatic carbocycles. The normalized spacial score (nSPS) is 11.1. The molecule has 0 bridgehead atoms. The van der Waals surface area contributed by atoms with Crippen LogP contribution in [0.5, 0.6) is 0 Å². The number of halogens is 3. The molecule has 1 rings (SSSR count). The molecule has 0 aromatic heterocycles. The molecule has 6 heteroatoms. The Balaban J connectivity index is 2.78. The van der Waals surface area contributed by atoms with Crippen LogP contribution in [0.4, 0.5) is 18.9 Å². The number of rotatable bonds is 3. The molecule has 0 aliphatic rings. The number of amides is 1. The number of hydrogen-bond donors (Lipinski definition) is 1. The number of hydrogen-bond acceptors (Lipinski definition) is 2. The quantitative estimate of drug-likeness (QED) is 0.626. The van der Waals surface area contributed by atoms with Gasteiger partial charge in [0.25, 0.3) is 0 Å². The Morgan fingerprint density at radius 1 is 1.36 bits per heavy atom. The fourth-order valence-corrected chi connectivity index (χ4v) is 1.43. The van der Waals surface area contributed by atoms with E-state index in [4.69, 9.17) is 0 Å². The van der Waals surface area contributed by atoms with Gasteiger partial charge in [0.2, 0.25) is 0 Å². The van der Waals surface area contributed by atoms with Gasteiger partial charge in [0.1, 0.15) is 0 Å². The van der Waals surface area contributed by atoms with Crippen LogP contribution >= 0.6 is 11.8 Å². The molecule has 0 aliphatic heterocycles. The molecule has 14 heavy (non-hydrogen) atoms. The van der Waals surface area contributed by atoms with Gasteiger partial charge in [0, 0.05) is 10.6 Å². The van der Waals surface area contributed by atoms with E-state index in [9.17, 15) is 18.0 Å². The second-order valence-corrected chi connectivity index (χ2v) is 3.44. The van der Waals surface area contributed by atoms with E-state index in [-0.39, 0.29) is 22.3 Å². The molecule has 0 atom stereocenters. The van der Waals surface area contributed by atoms with Crippen LogP contribution in [0.1, 0.15) is 0 Å². The van der Waals surface area contributed by atoms with Crippen LogP contribution in [0.3, 0.4) is 0 Å². The van der Waals surface area contributed by atoms with E-state index < -0.39 is 5.51 Å². The number of thioether (sulfide) groups is 1. The highest BCUT2D eigenvalue weighted by Crippen LogP contribution is 2.37. The van der Waals surface area contributed by atoms with Crippen LogP contribution in [-0.4, -0.2) is 11.9 Å². The molecule has 0 unspecified atom stereocenters. The van der Waals surface area contributed by atoms with Crippen molar-refractivity contribution in [2.45, 2.75) is 10.4 Å². The predicted octanol–water partition coefficient (Wildman–Crippen LogP) is 2.78. The van der Waals surface area contributed by atoms with Gasteiger partial charge in [0.15, 0.2) is 0 Å². The standard InChI is InChI=1S/C8H5F3NOS/c9-8(10,11)14-7-3-1-2-6(4-7)12-5-13/h1-4H,(H,12,13). The van der Waals surface area contributed by atoms with Gasteiger partial charge in [-0.05, 0) is 30.0 Å². The van der Waals surface area contributed by atoms with Crippen molar-refractivity contribution in [3.63, 3.8) is 0 Å². The molecule has 0 heterocycles. The average Bonchev–Trinajstić information content (AvgIpc) is 2.02. The third-order valence-electron chi connectivity index (χ3n) is 1.26. The van der Waals surface area contributed by atoms with Crippen molar-refractivity contribution >= 4 is 23.9 Å². The molecule has 0 saturated carbocycles. The minimum atomic E-state index is -4.32. The summed E-state index contributed by atoms with van der Waals surface area (Å²) >= 11 is -0.229. The Bertz CT molecular complexity index is 327. The van der Waals surface area contributed by atoms with E-state index in [1.807, 2.05) is 0 Å². The first-order valence-electron chi connectivity index (χ1n) is 3.50. The maximum atomic E-state index is 11.9. The highest BCUT2D eigenvalue weighted by molar-refractivity contribution is 8.00. The van der Waals surface area contributed by atoms with Crippen molar-refractivity contribution < 1.29 is 18.0 Å². The summed E-state index contributed by atoms with van der Waals surface area (Å²) in [4.78, 5) is 9.93.